The number of nitrogens with zero attached hydrogens (tertiary/aromatic N) is 4. The van der Waals surface area contributed by atoms with Crippen LogP contribution in [0.4, 0.5) is 0 Å². The topological polar surface area (TPSA) is 113 Å². The van der Waals surface area contributed by atoms with E-state index in [1.54, 1.807) is 13.8 Å². The molecular formula is C22H22N4O5. The minimum absolute atomic E-state index is 0.0212. The molecule has 0 radical (unpaired) electrons. The summed E-state index contributed by atoms with van der Waals surface area (Å²) in [6.45, 7) is 7.99. The highest BCUT2D eigenvalue weighted by Gasteiger charge is 2.23. The van der Waals surface area contributed by atoms with Crippen LogP contribution < -0.4 is 5.56 Å². The number of rotatable bonds is 6. The van der Waals surface area contributed by atoms with E-state index >= 15 is 0 Å². The molecule has 160 valence electrons. The van der Waals surface area contributed by atoms with E-state index < -0.39 is 11.5 Å². The van der Waals surface area contributed by atoms with Crippen LogP contribution in [-0.4, -0.2) is 32.3 Å². The van der Waals surface area contributed by atoms with Gasteiger partial charge in [-0.05, 0) is 37.5 Å². The first-order valence-electron chi connectivity index (χ1n) is 9.97. The lowest BCUT2D eigenvalue weighted by atomic mass is 10.0. The molecule has 0 spiro atoms. The van der Waals surface area contributed by atoms with Gasteiger partial charge in [0, 0.05) is 5.56 Å². The zero-order valence-electron chi connectivity index (χ0n) is 17.7. The average molecular weight is 422 g/mol. The number of oxazole rings is 1. The Morgan fingerprint density at radius 2 is 1.97 bits per heavy atom. The Balaban J connectivity index is 1.67. The highest BCUT2D eigenvalue weighted by Crippen LogP contribution is 2.24. The predicted octanol–water partition coefficient (Wildman–Crippen LogP) is 3.70. The van der Waals surface area contributed by atoms with Gasteiger partial charge in [-0.1, -0.05) is 31.1 Å². The fourth-order valence-corrected chi connectivity index (χ4v) is 3.20. The Labute approximate surface area is 177 Å². The van der Waals surface area contributed by atoms with E-state index in [-0.39, 0.29) is 29.9 Å². The number of hydrogen-bond acceptors (Lipinski definition) is 8. The van der Waals surface area contributed by atoms with Crippen LogP contribution in [0.25, 0.3) is 22.6 Å². The summed E-state index contributed by atoms with van der Waals surface area (Å²) in [5.41, 5.74) is 1.98. The monoisotopic (exact) mass is 422 g/mol. The van der Waals surface area contributed by atoms with Crippen molar-refractivity contribution in [2.75, 3.05) is 6.61 Å². The van der Waals surface area contributed by atoms with Crippen molar-refractivity contribution in [3.05, 3.63) is 63.7 Å². The third-order valence-electron chi connectivity index (χ3n) is 4.97. The summed E-state index contributed by atoms with van der Waals surface area (Å²) in [5, 5.41) is 3.62. The van der Waals surface area contributed by atoms with Crippen LogP contribution in [0.1, 0.15) is 54.2 Å². The van der Waals surface area contributed by atoms with Crippen molar-refractivity contribution in [3.63, 3.8) is 0 Å². The lowest BCUT2D eigenvalue weighted by Crippen LogP contribution is -2.23. The van der Waals surface area contributed by atoms with Gasteiger partial charge in [-0.2, -0.15) is 0 Å². The predicted molar refractivity (Wildman–Crippen MR) is 112 cm³/mol. The maximum Gasteiger partial charge on any atom is 0.361 e. The molecule has 0 saturated carbocycles. The molecule has 3 heterocycles. The Bertz CT molecular complexity index is 1300. The number of aryl methyl sites for hydroxylation is 1. The molecular weight excluding hydrogens is 400 g/mol. The maximum absolute atomic E-state index is 13.0. The molecule has 0 saturated heterocycles. The van der Waals surface area contributed by atoms with Gasteiger partial charge in [0.25, 0.3) is 11.3 Å². The van der Waals surface area contributed by atoms with Crippen molar-refractivity contribution in [3.8, 4) is 11.5 Å². The summed E-state index contributed by atoms with van der Waals surface area (Å²) in [7, 11) is 0. The number of ether oxygens (including phenoxy) is 1. The fourth-order valence-electron chi connectivity index (χ4n) is 3.20. The van der Waals surface area contributed by atoms with Crippen molar-refractivity contribution in [2.45, 2.75) is 40.2 Å². The van der Waals surface area contributed by atoms with Gasteiger partial charge in [0.1, 0.15) is 23.2 Å². The standard InChI is InChI=1S/C22H22N4O5/c1-5-29-22(28)18-17-20(31-25-18)23-11-26(21(17)27)10-16-13(4)30-19(24-16)15-8-6-14(7-9-15)12(2)3/h6-9,11-12H,5,10H2,1-4H3. The second-order valence-corrected chi connectivity index (χ2v) is 7.41. The zero-order chi connectivity index (χ0) is 22.1. The average Bonchev–Trinajstić information content (AvgIpc) is 3.34. The second kappa shape index (κ2) is 8.17. The van der Waals surface area contributed by atoms with Crippen molar-refractivity contribution in [1.82, 2.24) is 19.7 Å². The van der Waals surface area contributed by atoms with Crippen LogP contribution >= 0.6 is 0 Å². The lowest BCUT2D eigenvalue weighted by molar-refractivity contribution is 0.0516. The molecule has 0 aliphatic rings. The number of fused-ring (bicyclic) bond motifs is 1. The minimum Gasteiger partial charge on any atom is -0.461 e. The third kappa shape index (κ3) is 3.86. The van der Waals surface area contributed by atoms with E-state index in [1.807, 2.05) is 24.3 Å². The number of carbonyl (C=O) groups is 1. The molecule has 0 bridgehead atoms. The molecule has 4 aromatic rings. The summed E-state index contributed by atoms with van der Waals surface area (Å²) >= 11 is 0. The number of carbonyl (C=O) groups excluding carboxylic acids is 1. The van der Waals surface area contributed by atoms with Crippen molar-refractivity contribution in [2.24, 2.45) is 0 Å². The van der Waals surface area contributed by atoms with Crippen molar-refractivity contribution < 1.29 is 18.5 Å². The second-order valence-electron chi connectivity index (χ2n) is 7.41. The molecule has 0 aliphatic carbocycles. The van der Waals surface area contributed by atoms with Gasteiger partial charge in [-0.3, -0.25) is 9.36 Å². The fraction of sp³-hybridized carbons (Fsp3) is 0.318. The van der Waals surface area contributed by atoms with E-state index in [4.69, 9.17) is 13.7 Å². The third-order valence-corrected chi connectivity index (χ3v) is 4.97. The number of benzene rings is 1. The van der Waals surface area contributed by atoms with Gasteiger partial charge < -0.3 is 13.7 Å². The van der Waals surface area contributed by atoms with Crippen LogP contribution in [0.15, 0.2) is 44.3 Å². The molecule has 0 atom stereocenters. The first kappa shape index (κ1) is 20.5. The van der Waals surface area contributed by atoms with E-state index in [1.165, 1.54) is 16.5 Å². The molecule has 0 aliphatic heterocycles. The molecule has 1 aromatic carbocycles. The van der Waals surface area contributed by atoms with E-state index in [0.29, 0.717) is 23.3 Å². The molecule has 0 N–H and O–H groups in total. The smallest absolute Gasteiger partial charge is 0.361 e. The van der Waals surface area contributed by atoms with Crippen LogP contribution in [0.5, 0.6) is 0 Å². The summed E-state index contributed by atoms with van der Waals surface area (Å²) in [5.74, 6) is 0.762. The Morgan fingerprint density at radius 1 is 1.23 bits per heavy atom. The first-order chi connectivity index (χ1) is 14.9. The van der Waals surface area contributed by atoms with Gasteiger partial charge >= 0.3 is 5.97 Å². The maximum atomic E-state index is 13.0. The van der Waals surface area contributed by atoms with Crippen molar-refractivity contribution >= 4 is 17.1 Å². The zero-order valence-corrected chi connectivity index (χ0v) is 17.7. The van der Waals surface area contributed by atoms with Crippen molar-refractivity contribution in [1.29, 1.82) is 0 Å². The number of aromatic nitrogens is 4. The van der Waals surface area contributed by atoms with Crippen LogP contribution in [-0.2, 0) is 11.3 Å². The molecule has 9 nitrogen and oxygen atoms in total. The minimum atomic E-state index is -0.734. The van der Waals surface area contributed by atoms with E-state index in [2.05, 4.69) is 29.0 Å². The Morgan fingerprint density at radius 3 is 2.65 bits per heavy atom. The van der Waals surface area contributed by atoms with Gasteiger partial charge in [0.15, 0.2) is 0 Å². The lowest BCUT2D eigenvalue weighted by Gasteiger charge is -2.04. The quantitative estimate of drug-likeness (QED) is 0.432. The highest BCUT2D eigenvalue weighted by molar-refractivity contribution is 5.99. The van der Waals surface area contributed by atoms with Crippen LogP contribution in [0.2, 0.25) is 0 Å². The summed E-state index contributed by atoms with van der Waals surface area (Å²) < 4.78 is 17.1. The van der Waals surface area contributed by atoms with Gasteiger partial charge in [-0.25, -0.2) is 14.8 Å². The molecule has 0 fully saturated rings. The van der Waals surface area contributed by atoms with E-state index in [0.717, 1.165) is 5.56 Å². The molecule has 0 unspecified atom stereocenters. The highest BCUT2D eigenvalue weighted by atomic mass is 16.5. The van der Waals surface area contributed by atoms with Gasteiger partial charge in [0.2, 0.25) is 11.6 Å². The normalized spacial score (nSPS) is 11.4. The van der Waals surface area contributed by atoms with Gasteiger partial charge in [-0.15, -0.1) is 0 Å². The number of esters is 1. The molecule has 4 rings (SSSR count). The molecule has 3 aromatic heterocycles. The Hall–Kier alpha value is -3.75. The SMILES string of the molecule is CCOC(=O)c1noc2ncn(Cc3nc(-c4ccc(C(C)C)cc4)oc3C)c(=O)c12. The van der Waals surface area contributed by atoms with E-state index in [9.17, 15) is 9.59 Å². The van der Waals surface area contributed by atoms with Crippen LogP contribution in [0.3, 0.4) is 0 Å². The van der Waals surface area contributed by atoms with Gasteiger partial charge in [0.05, 0.1) is 13.2 Å². The molecule has 0 amide bonds. The number of hydrogen-bond donors (Lipinski definition) is 0. The van der Waals surface area contributed by atoms with Crippen LogP contribution in [0, 0.1) is 6.92 Å². The summed E-state index contributed by atoms with van der Waals surface area (Å²) in [6, 6.07) is 8.02. The summed E-state index contributed by atoms with van der Waals surface area (Å²) in [4.78, 5) is 33.7. The molecule has 31 heavy (non-hydrogen) atoms. The Kier molecular flexibility index (Phi) is 5.41. The largest absolute Gasteiger partial charge is 0.461 e. The molecule has 9 heteroatoms. The first-order valence-corrected chi connectivity index (χ1v) is 9.97. The summed E-state index contributed by atoms with van der Waals surface area (Å²) in [6.07, 6.45) is 1.33.